The maximum Gasteiger partial charge on any atom is 0.230 e. The first kappa shape index (κ1) is 17.2. The summed E-state index contributed by atoms with van der Waals surface area (Å²) < 4.78 is 0. The molecule has 4 rings (SSSR count). The average molecular weight is 397 g/mol. The van der Waals surface area contributed by atoms with E-state index < -0.39 is 0 Å². The Kier molecular flexibility index (Phi) is 4.93. The van der Waals surface area contributed by atoms with E-state index in [1.807, 2.05) is 0 Å². The number of nitrogens with one attached hydrogen (secondary N) is 2. The Balaban J connectivity index is 1.33. The van der Waals surface area contributed by atoms with E-state index in [0.29, 0.717) is 38.7 Å². The van der Waals surface area contributed by atoms with Crippen LogP contribution in [0.3, 0.4) is 0 Å². The monoisotopic (exact) mass is 396 g/mol. The molecule has 0 spiro atoms. The SMILES string of the molecule is O=C(CSc1n[nH]c(-c2ccc(Cl)cc2Cl)n1)NC1CC2CCC1C2. The standard InChI is InChI=1S/C17H18Cl2N4OS/c18-11-3-4-12(13(19)7-11)16-21-17(23-22-16)25-8-15(24)20-14-6-9-1-2-10(14)5-9/h3-4,7,9-10,14H,1-2,5-6,8H2,(H,20,24)(H,21,22,23). The fraction of sp³-hybridized carbons (Fsp3) is 0.471. The number of carbonyl (C=O) groups is 1. The zero-order valence-electron chi connectivity index (χ0n) is 13.5. The highest BCUT2D eigenvalue weighted by Gasteiger charge is 2.39. The van der Waals surface area contributed by atoms with Crippen LogP contribution in [0, 0.1) is 11.8 Å². The minimum atomic E-state index is 0.0541. The summed E-state index contributed by atoms with van der Waals surface area (Å²) in [6, 6.07) is 5.57. The first-order valence-electron chi connectivity index (χ1n) is 8.38. The summed E-state index contributed by atoms with van der Waals surface area (Å²) in [5.41, 5.74) is 0.733. The summed E-state index contributed by atoms with van der Waals surface area (Å²) in [6.07, 6.45) is 5.01. The smallest absolute Gasteiger partial charge is 0.230 e. The van der Waals surface area contributed by atoms with Crippen molar-refractivity contribution >= 4 is 40.9 Å². The predicted molar refractivity (Wildman–Crippen MR) is 99.9 cm³/mol. The van der Waals surface area contributed by atoms with Gasteiger partial charge in [-0.2, -0.15) is 0 Å². The number of benzene rings is 1. The van der Waals surface area contributed by atoms with Crippen molar-refractivity contribution in [1.82, 2.24) is 20.5 Å². The van der Waals surface area contributed by atoms with Crippen molar-refractivity contribution in [2.45, 2.75) is 36.9 Å². The molecule has 2 fully saturated rings. The van der Waals surface area contributed by atoms with Crippen LogP contribution in [-0.2, 0) is 4.79 Å². The van der Waals surface area contributed by atoms with Crippen LogP contribution >= 0.6 is 35.0 Å². The number of hydrogen-bond donors (Lipinski definition) is 2. The molecule has 5 nitrogen and oxygen atoms in total. The zero-order chi connectivity index (χ0) is 17.4. The van der Waals surface area contributed by atoms with Crippen LogP contribution in [-0.4, -0.2) is 32.9 Å². The fourth-order valence-corrected chi connectivity index (χ4v) is 5.02. The van der Waals surface area contributed by atoms with Crippen LogP contribution in [0.25, 0.3) is 11.4 Å². The van der Waals surface area contributed by atoms with Crippen molar-refractivity contribution < 1.29 is 4.79 Å². The lowest BCUT2D eigenvalue weighted by Gasteiger charge is -2.22. The van der Waals surface area contributed by atoms with E-state index in [2.05, 4.69) is 20.5 Å². The highest BCUT2D eigenvalue weighted by Crippen LogP contribution is 2.44. The second-order valence-corrected chi connectivity index (χ2v) is 8.51. The number of carbonyl (C=O) groups excluding carboxylic acids is 1. The Morgan fingerprint density at radius 3 is 2.92 bits per heavy atom. The fourth-order valence-electron chi connectivity index (χ4n) is 3.91. The number of H-pyrrole nitrogens is 1. The number of nitrogens with zero attached hydrogens (tertiary/aromatic N) is 2. The summed E-state index contributed by atoms with van der Waals surface area (Å²) in [5.74, 6) is 2.44. The minimum absolute atomic E-state index is 0.0541. The second kappa shape index (κ2) is 7.17. The Bertz CT molecular complexity index is 797. The number of hydrogen-bond acceptors (Lipinski definition) is 4. The summed E-state index contributed by atoms with van der Waals surface area (Å²) in [5, 5.41) is 11.8. The number of amides is 1. The molecule has 1 aromatic carbocycles. The van der Waals surface area contributed by atoms with Gasteiger partial charge >= 0.3 is 0 Å². The third-order valence-electron chi connectivity index (χ3n) is 5.07. The molecule has 2 saturated carbocycles. The van der Waals surface area contributed by atoms with Gasteiger partial charge in [0.2, 0.25) is 11.1 Å². The van der Waals surface area contributed by atoms with E-state index in [9.17, 15) is 4.79 Å². The molecule has 3 atom stereocenters. The first-order chi connectivity index (χ1) is 12.1. The summed E-state index contributed by atoms with van der Waals surface area (Å²) >= 11 is 13.4. The van der Waals surface area contributed by atoms with Crippen LogP contribution in [0.2, 0.25) is 10.0 Å². The van der Waals surface area contributed by atoms with Gasteiger partial charge in [-0.15, -0.1) is 5.10 Å². The molecule has 1 aromatic heterocycles. The van der Waals surface area contributed by atoms with E-state index in [1.54, 1.807) is 18.2 Å². The Morgan fingerprint density at radius 2 is 2.20 bits per heavy atom. The van der Waals surface area contributed by atoms with E-state index in [-0.39, 0.29) is 5.91 Å². The topological polar surface area (TPSA) is 70.7 Å². The van der Waals surface area contributed by atoms with Gasteiger partial charge in [0.1, 0.15) is 0 Å². The van der Waals surface area contributed by atoms with Crippen molar-refractivity contribution in [3.05, 3.63) is 28.2 Å². The highest BCUT2D eigenvalue weighted by atomic mass is 35.5. The molecule has 2 aliphatic rings. The molecule has 132 valence electrons. The minimum Gasteiger partial charge on any atom is -0.352 e. The summed E-state index contributed by atoms with van der Waals surface area (Å²) in [7, 11) is 0. The molecule has 3 unspecified atom stereocenters. The lowest BCUT2D eigenvalue weighted by molar-refractivity contribution is -0.119. The van der Waals surface area contributed by atoms with Gasteiger partial charge in [-0.25, -0.2) is 4.98 Å². The molecule has 8 heteroatoms. The average Bonchev–Trinajstić information content (AvgIpc) is 3.29. The molecule has 0 radical (unpaired) electrons. The van der Waals surface area contributed by atoms with E-state index in [1.165, 1.54) is 31.0 Å². The summed E-state index contributed by atoms with van der Waals surface area (Å²) in [6.45, 7) is 0. The van der Waals surface area contributed by atoms with Gasteiger partial charge in [0.05, 0.1) is 10.8 Å². The van der Waals surface area contributed by atoms with Gasteiger partial charge in [-0.05, 0) is 49.3 Å². The maximum atomic E-state index is 12.2. The molecule has 2 bridgehead atoms. The third kappa shape index (κ3) is 3.81. The van der Waals surface area contributed by atoms with Crippen molar-refractivity contribution in [2.24, 2.45) is 11.8 Å². The Morgan fingerprint density at radius 1 is 1.32 bits per heavy atom. The molecule has 0 aliphatic heterocycles. The lowest BCUT2D eigenvalue weighted by atomic mass is 9.95. The van der Waals surface area contributed by atoms with Crippen LogP contribution in [0.15, 0.2) is 23.4 Å². The number of thioether (sulfide) groups is 1. The van der Waals surface area contributed by atoms with E-state index >= 15 is 0 Å². The molecule has 2 N–H and O–H groups in total. The van der Waals surface area contributed by atoms with Gasteiger partial charge in [0.25, 0.3) is 0 Å². The van der Waals surface area contributed by atoms with Crippen LogP contribution < -0.4 is 5.32 Å². The number of rotatable bonds is 5. The molecular formula is C17H18Cl2N4OS. The van der Waals surface area contributed by atoms with Gasteiger partial charge in [0.15, 0.2) is 5.82 Å². The largest absolute Gasteiger partial charge is 0.352 e. The molecule has 1 heterocycles. The van der Waals surface area contributed by atoms with Crippen molar-refractivity contribution in [1.29, 1.82) is 0 Å². The lowest BCUT2D eigenvalue weighted by Crippen LogP contribution is -2.39. The third-order valence-corrected chi connectivity index (χ3v) is 6.46. The van der Waals surface area contributed by atoms with Gasteiger partial charge < -0.3 is 5.32 Å². The molecule has 2 aliphatic carbocycles. The van der Waals surface area contributed by atoms with Crippen molar-refractivity contribution in [3.8, 4) is 11.4 Å². The molecule has 0 saturated heterocycles. The van der Waals surface area contributed by atoms with Gasteiger partial charge in [-0.3, -0.25) is 9.89 Å². The number of aromatic nitrogens is 3. The summed E-state index contributed by atoms with van der Waals surface area (Å²) in [4.78, 5) is 16.6. The van der Waals surface area contributed by atoms with Crippen LogP contribution in [0.4, 0.5) is 0 Å². The zero-order valence-corrected chi connectivity index (χ0v) is 15.8. The number of halogens is 2. The first-order valence-corrected chi connectivity index (χ1v) is 10.1. The van der Waals surface area contributed by atoms with Gasteiger partial charge in [0, 0.05) is 16.6 Å². The van der Waals surface area contributed by atoms with Crippen LogP contribution in [0.5, 0.6) is 0 Å². The number of aromatic amines is 1. The van der Waals surface area contributed by atoms with E-state index in [0.717, 1.165) is 17.9 Å². The predicted octanol–water partition coefficient (Wildman–Crippen LogP) is 4.18. The second-order valence-electron chi connectivity index (χ2n) is 6.73. The normalized spacial score (nSPS) is 24.6. The molecular weight excluding hydrogens is 379 g/mol. The highest BCUT2D eigenvalue weighted by molar-refractivity contribution is 7.99. The Labute approximate surface area is 160 Å². The molecule has 1 amide bonds. The maximum absolute atomic E-state index is 12.2. The van der Waals surface area contributed by atoms with E-state index in [4.69, 9.17) is 23.2 Å². The quantitative estimate of drug-likeness (QED) is 0.743. The number of fused-ring (bicyclic) bond motifs is 2. The van der Waals surface area contributed by atoms with Crippen LogP contribution in [0.1, 0.15) is 25.7 Å². The molecule has 25 heavy (non-hydrogen) atoms. The van der Waals surface area contributed by atoms with Crippen molar-refractivity contribution in [2.75, 3.05) is 5.75 Å². The Hall–Kier alpha value is -1.24. The van der Waals surface area contributed by atoms with Crippen molar-refractivity contribution in [3.63, 3.8) is 0 Å². The van der Waals surface area contributed by atoms with Gasteiger partial charge in [-0.1, -0.05) is 41.4 Å². The molecule has 2 aromatic rings.